The smallest absolute Gasteiger partial charge is 0.345 e. The van der Waals surface area contributed by atoms with Crippen LogP contribution in [0.1, 0.15) is 19.3 Å². The number of carbonyl (C=O) groups is 4. The molecule has 2 heterocycles. The van der Waals surface area contributed by atoms with Crippen LogP contribution in [0.15, 0.2) is 45.3 Å². The first-order valence-electron chi connectivity index (χ1n) is 9.24. The summed E-state index contributed by atoms with van der Waals surface area (Å²) in [4.78, 5) is 41.5. The fourth-order valence-corrected chi connectivity index (χ4v) is 5.92. The third-order valence-corrected chi connectivity index (χ3v) is 8.32. The number of carbonyl (C=O) groups excluding carboxylic acids is 3. The van der Waals surface area contributed by atoms with E-state index in [-0.39, 0.29) is 0 Å². The van der Waals surface area contributed by atoms with Crippen molar-refractivity contribution in [1.29, 1.82) is 0 Å². The highest BCUT2D eigenvalue weighted by atomic mass is 79.9. The largest absolute Gasteiger partial charge is 0.496 e. The summed E-state index contributed by atoms with van der Waals surface area (Å²) in [6, 6.07) is 10.9. The van der Waals surface area contributed by atoms with Gasteiger partial charge in [-0.1, -0.05) is 0 Å². The normalized spacial score (nSPS) is 10.1. The van der Waals surface area contributed by atoms with Crippen LogP contribution in [-0.2, 0) is 9.59 Å². The van der Waals surface area contributed by atoms with Gasteiger partial charge in [-0.05, 0) is 114 Å². The first kappa shape index (κ1) is 30.5. The van der Waals surface area contributed by atoms with E-state index in [0.717, 1.165) is 34.9 Å². The van der Waals surface area contributed by atoms with E-state index in [0.29, 0.717) is 15.5 Å². The van der Waals surface area contributed by atoms with Crippen molar-refractivity contribution in [2.45, 2.75) is 0 Å². The SMILES string of the molecule is COc1cc2cc(C(=O)Cl)sc2cc1Br.COc1cc2cc(C(=O)O)sc2cc1Br.O=C(Cl)C(=O)Cl. The molecule has 0 bridgehead atoms. The molecule has 14 heteroatoms. The van der Waals surface area contributed by atoms with Crippen LogP contribution in [0.5, 0.6) is 11.5 Å². The maximum absolute atomic E-state index is 11.0. The Kier molecular flexibility index (Phi) is 11.6. The van der Waals surface area contributed by atoms with Gasteiger partial charge >= 0.3 is 16.5 Å². The molecule has 0 saturated heterocycles. The number of fused-ring (bicyclic) bond motifs is 2. The number of carboxylic acid groups (broad SMARTS) is 1. The Labute approximate surface area is 244 Å². The van der Waals surface area contributed by atoms with Gasteiger partial charge in [0, 0.05) is 9.40 Å². The molecule has 4 aromatic rings. The third kappa shape index (κ3) is 8.14. The number of benzene rings is 2. The molecule has 0 aliphatic rings. The lowest BCUT2D eigenvalue weighted by atomic mass is 10.2. The molecule has 0 spiro atoms. The van der Waals surface area contributed by atoms with E-state index in [4.69, 9.17) is 26.2 Å². The second kappa shape index (κ2) is 13.7. The van der Waals surface area contributed by atoms with Crippen molar-refractivity contribution in [1.82, 2.24) is 0 Å². The Bertz CT molecular complexity index is 1360. The summed E-state index contributed by atoms with van der Waals surface area (Å²) in [7, 11) is 3.18. The molecule has 0 saturated carbocycles. The second-order valence-corrected chi connectivity index (χ2v) is 11.3. The van der Waals surface area contributed by atoms with Crippen LogP contribution in [0.25, 0.3) is 20.2 Å². The molecule has 0 radical (unpaired) electrons. The fourth-order valence-electron chi connectivity index (χ4n) is 2.60. The summed E-state index contributed by atoms with van der Waals surface area (Å²) in [6.45, 7) is 0. The number of ether oxygens (including phenoxy) is 2. The highest BCUT2D eigenvalue weighted by Crippen LogP contribution is 2.36. The highest BCUT2D eigenvalue weighted by molar-refractivity contribution is 9.11. The van der Waals surface area contributed by atoms with Gasteiger partial charge in [-0.15, -0.1) is 22.7 Å². The van der Waals surface area contributed by atoms with E-state index in [1.807, 2.05) is 24.3 Å². The first-order valence-corrected chi connectivity index (χ1v) is 13.6. The number of rotatable bonds is 5. The summed E-state index contributed by atoms with van der Waals surface area (Å²) in [5.41, 5.74) is 0. The molecule has 1 N–H and O–H groups in total. The molecule has 0 aliphatic carbocycles. The zero-order valence-corrected chi connectivity index (χ0v) is 25.1. The average molecular weight is 720 g/mol. The summed E-state index contributed by atoms with van der Waals surface area (Å²) in [6.07, 6.45) is 0. The van der Waals surface area contributed by atoms with E-state index < -0.39 is 21.7 Å². The number of methoxy groups -OCH3 is 2. The summed E-state index contributed by atoms with van der Waals surface area (Å²) < 4.78 is 13.9. The Morgan fingerprint density at radius 1 is 0.722 bits per heavy atom. The molecule has 190 valence electrons. The number of hydrogen-bond acceptors (Lipinski definition) is 8. The first-order chi connectivity index (χ1) is 16.9. The Morgan fingerprint density at radius 2 is 1.11 bits per heavy atom. The van der Waals surface area contributed by atoms with Gasteiger partial charge < -0.3 is 14.6 Å². The third-order valence-electron chi connectivity index (χ3n) is 4.14. The number of halogens is 5. The zero-order valence-electron chi connectivity index (χ0n) is 18.1. The minimum Gasteiger partial charge on any atom is -0.496 e. The van der Waals surface area contributed by atoms with Crippen LogP contribution in [0.4, 0.5) is 0 Å². The summed E-state index contributed by atoms with van der Waals surface area (Å²) in [5, 5.41) is 7.99. The number of aromatic carboxylic acids is 1. The zero-order chi connectivity index (χ0) is 27.2. The Morgan fingerprint density at radius 3 is 1.44 bits per heavy atom. The highest BCUT2D eigenvalue weighted by Gasteiger charge is 2.11. The molecule has 36 heavy (non-hydrogen) atoms. The maximum atomic E-state index is 11.0. The quantitative estimate of drug-likeness (QED) is 0.165. The lowest BCUT2D eigenvalue weighted by Gasteiger charge is -2.01. The van der Waals surface area contributed by atoms with Gasteiger partial charge in [-0.2, -0.15) is 0 Å². The van der Waals surface area contributed by atoms with Gasteiger partial charge in [0.2, 0.25) is 0 Å². The van der Waals surface area contributed by atoms with Gasteiger partial charge in [-0.3, -0.25) is 14.4 Å². The molecular weight excluding hydrogens is 707 g/mol. The topological polar surface area (TPSA) is 107 Å². The summed E-state index contributed by atoms with van der Waals surface area (Å²) >= 11 is 23.8. The second-order valence-electron chi connectivity index (χ2n) is 6.40. The van der Waals surface area contributed by atoms with E-state index >= 15 is 0 Å². The predicted octanol–water partition coefficient (Wildman–Crippen LogP) is 7.94. The van der Waals surface area contributed by atoms with Crippen molar-refractivity contribution in [2.75, 3.05) is 14.2 Å². The molecule has 2 aromatic heterocycles. The van der Waals surface area contributed by atoms with Gasteiger partial charge in [0.05, 0.1) is 28.0 Å². The lowest BCUT2D eigenvalue weighted by Crippen LogP contribution is -1.94. The molecule has 0 aliphatic heterocycles. The lowest BCUT2D eigenvalue weighted by molar-refractivity contribution is -0.127. The number of carboxylic acids is 1. The van der Waals surface area contributed by atoms with Crippen LogP contribution < -0.4 is 9.47 Å². The Balaban J connectivity index is 0.000000208. The predicted molar refractivity (Wildman–Crippen MR) is 151 cm³/mol. The van der Waals surface area contributed by atoms with Crippen molar-refractivity contribution in [3.63, 3.8) is 0 Å². The van der Waals surface area contributed by atoms with Crippen LogP contribution in [0.2, 0.25) is 0 Å². The van der Waals surface area contributed by atoms with Gasteiger partial charge in [0.1, 0.15) is 16.4 Å². The van der Waals surface area contributed by atoms with E-state index in [1.54, 1.807) is 26.4 Å². The number of thiophene rings is 2. The molecule has 0 amide bonds. The fraction of sp³-hybridized carbons (Fsp3) is 0.0909. The van der Waals surface area contributed by atoms with Crippen molar-refractivity contribution < 1.29 is 33.8 Å². The maximum Gasteiger partial charge on any atom is 0.345 e. The van der Waals surface area contributed by atoms with Crippen LogP contribution in [0, 0.1) is 0 Å². The minimum absolute atomic E-state index is 0.338. The van der Waals surface area contributed by atoms with Gasteiger partial charge in [-0.25, -0.2) is 4.79 Å². The Hall–Kier alpha value is -1.73. The minimum atomic E-state index is -1.14. The average Bonchev–Trinajstić information content (AvgIpc) is 3.42. The van der Waals surface area contributed by atoms with Gasteiger partial charge in [0.15, 0.2) is 0 Å². The van der Waals surface area contributed by atoms with E-state index in [1.165, 1.54) is 22.7 Å². The van der Waals surface area contributed by atoms with Crippen molar-refractivity contribution in [3.8, 4) is 11.5 Å². The van der Waals surface area contributed by atoms with Gasteiger partial charge in [0.25, 0.3) is 5.24 Å². The molecule has 4 rings (SSSR count). The molecule has 0 fully saturated rings. The van der Waals surface area contributed by atoms with E-state index in [9.17, 15) is 19.2 Å². The van der Waals surface area contributed by atoms with Crippen molar-refractivity contribution in [3.05, 3.63) is 55.1 Å². The van der Waals surface area contributed by atoms with Crippen molar-refractivity contribution in [2.24, 2.45) is 0 Å². The monoisotopic (exact) mass is 716 g/mol. The molecular formula is C22H13Br2Cl3O7S2. The van der Waals surface area contributed by atoms with E-state index in [2.05, 4.69) is 55.1 Å². The molecule has 0 atom stereocenters. The summed E-state index contributed by atoms with van der Waals surface area (Å²) in [5.74, 6) is 0.553. The van der Waals surface area contributed by atoms with Crippen LogP contribution >= 0.6 is 89.3 Å². The molecule has 2 aromatic carbocycles. The number of hydrogen-bond donors (Lipinski definition) is 1. The molecule has 7 nitrogen and oxygen atoms in total. The standard InChI is InChI=1S/C10H6BrClO2S.C10H7BrO3S.C2Cl2O2/c2*1-14-7-2-5-3-9(10(12)13)15-8(5)4-6(7)11;3-1(5)2(4)6/h2-4H,1H3;2-4H,1H3,(H,12,13);. The van der Waals surface area contributed by atoms with Crippen molar-refractivity contribution >= 4 is 131 Å². The van der Waals surface area contributed by atoms with Crippen LogP contribution in [0.3, 0.4) is 0 Å². The van der Waals surface area contributed by atoms with Crippen LogP contribution in [-0.4, -0.2) is 41.0 Å². The molecule has 0 unspecified atom stereocenters.